The van der Waals surface area contributed by atoms with E-state index in [0.29, 0.717) is 19.3 Å². The number of hydrogen-bond acceptors (Lipinski definition) is 5. The fraction of sp³-hybridized carbons (Fsp3) is 0.960. The Balaban J connectivity index is 4.48. The van der Waals surface area contributed by atoms with Crippen LogP contribution >= 0.6 is 0 Å². The van der Waals surface area contributed by atoms with Crippen LogP contribution in [0.15, 0.2) is 0 Å². The van der Waals surface area contributed by atoms with E-state index in [1.54, 1.807) is 0 Å². The summed E-state index contributed by atoms with van der Waals surface area (Å²) in [6.07, 6.45) is 47.4. The number of hydrogen-bond donors (Lipinski definition) is 3. The number of ether oxygens (including phenoxy) is 1. The molecular weight excluding hydrogens is 695 g/mol. The van der Waals surface area contributed by atoms with Crippen LogP contribution in [0, 0.1) is 0 Å². The van der Waals surface area contributed by atoms with Crippen molar-refractivity contribution < 1.29 is 24.5 Å². The van der Waals surface area contributed by atoms with E-state index in [1.807, 2.05) is 0 Å². The van der Waals surface area contributed by atoms with E-state index in [0.717, 1.165) is 44.9 Å². The Morgan fingerprint density at radius 3 is 1.09 bits per heavy atom. The van der Waals surface area contributed by atoms with Crippen LogP contribution in [-0.2, 0) is 14.3 Å². The number of aliphatic hydroxyl groups excluding tert-OH is 2. The van der Waals surface area contributed by atoms with Gasteiger partial charge in [0.05, 0.1) is 25.2 Å². The molecule has 0 aromatic carbocycles. The maximum absolute atomic E-state index is 13.2. The molecule has 0 saturated carbocycles. The third-order valence-corrected chi connectivity index (χ3v) is 11.9. The normalized spacial score (nSPS) is 13.2. The average molecular weight is 794 g/mol. The van der Waals surface area contributed by atoms with Crippen molar-refractivity contribution in [3.63, 3.8) is 0 Å². The summed E-state index contributed by atoms with van der Waals surface area (Å²) in [6, 6.07) is -0.690. The second-order valence-corrected chi connectivity index (χ2v) is 17.6. The molecule has 0 aliphatic rings. The second kappa shape index (κ2) is 45.0. The molecule has 6 nitrogen and oxygen atoms in total. The Kier molecular flexibility index (Phi) is 44.0. The molecule has 0 aliphatic heterocycles. The quantitative estimate of drug-likeness (QED) is 0.0421. The van der Waals surface area contributed by atoms with Crippen molar-refractivity contribution in [2.45, 2.75) is 302 Å². The van der Waals surface area contributed by atoms with E-state index in [9.17, 15) is 19.8 Å². The van der Waals surface area contributed by atoms with E-state index in [-0.39, 0.29) is 24.9 Å². The molecular formula is C50H99NO5. The summed E-state index contributed by atoms with van der Waals surface area (Å²) in [5, 5.41) is 23.7. The maximum Gasteiger partial charge on any atom is 0.306 e. The first-order valence-corrected chi connectivity index (χ1v) is 25.3. The summed E-state index contributed by atoms with van der Waals surface area (Å²) in [6.45, 7) is 6.48. The monoisotopic (exact) mass is 794 g/mol. The lowest BCUT2D eigenvalue weighted by Crippen LogP contribution is -2.46. The van der Waals surface area contributed by atoms with Crippen molar-refractivity contribution in [2.24, 2.45) is 0 Å². The number of nitrogens with one attached hydrogen (secondary N) is 1. The Hall–Kier alpha value is -1.14. The Morgan fingerprint density at radius 2 is 0.750 bits per heavy atom. The van der Waals surface area contributed by atoms with Crippen LogP contribution in [0.2, 0.25) is 0 Å². The molecule has 0 spiro atoms. The lowest BCUT2D eigenvalue weighted by Gasteiger charge is -2.24. The van der Waals surface area contributed by atoms with Crippen molar-refractivity contribution in [2.75, 3.05) is 6.61 Å². The van der Waals surface area contributed by atoms with Gasteiger partial charge in [0.25, 0.3) is 0 Å². The van der Waals surface area contributed by atoms with E-state index in [4.69, 9.17) is 4.74 Å². The van der Waals surface area contributed by atoms with Gasteiger partial charge < -0.3 is 20.3 Å². The van der Waals surface area contributed by atoms with Gasteiger partial charge in [-0.1, -0.05) is 245 Å². The number of esters is 1. The molecule has 6 heteroatoms. The highest BCUT2D eigenvalue weighted by Crippen LogP contribution is 2.19. The molecule has 334 valence electrons. The molecule has 0 aromatic heterocycles. The van der Waals surface area contributed by atoms with Gasteiger partial charge in [0.2, 0.25) is 5.91 Å². The van der Waals surface area contributed by atoms with Gasteiger partial charge in [-0.15, -0.1) is 0 Å². The molecule has 0 rings (SSSR count). The van der Waals surface area contributed by atoms with Crippen molar-refractivity contribution in [3.8, 4) is 0 Å². The summed E-state index contributed by atoms with van der Waals surface area (Å²) in [5.41, 5.74) is 0. The molecule has 0 heterocycles. The van der Waals surface area contributed by atoms with Crippen LogP contribution < -0.4 is 5.32 Å². The van der Waals surface area contributed by atoms with Gasteiger partial charge in [0, 0.05) is 6.42 Å². The number of amides is 1. The largest absolute Gasteiger partial charge is 0.462 e. The minimum absolute atomic E-state index is 0.0873. The predicted molar refractivity (Wildman–Crippen MR) is 241 cm³/mol. The zero-order chi connectivity index (χ0) is 41.0. The maximum atomic E-state index is 13.2. The Labute approximate surface area is 349 Å². The van der Waals surface area contributed by atoms with E-state index in [1.165, 1.54) is 193 Å². The minimum Gasteiger partial charge on any atom is -0.462 e. The van der Waals surface area contributed by atoms with Crippen LogP contribution in [-0.4, -0.2) is 46.9 Å². The highest BCUT2D eigenvalue weighted by molar-refractivity contribution is 5.77. The van der Waals surface area contributed by atoms with Gasteiger partial charge in [0.15, 0.2) is 0 Å². The fourth-order valence-electron chi connectivity index (χ4n) is 8.08. The zero-order valence-corrected chi connectivity index (χ0v) is 38.0. The van der Waals surface area contributed by atoms with Gasteiger partial charge in [0.1, 0.15) is 6.10 Å². The van der Waals surface area contributed by atoms with Gasteiger partial charge in [-0.3, -0.25) is 9.59 Å². The highest BCUT2D eigenvalue weighted by Gasteiger charge is 2.24. The van der Waals surface area contributed by atoms with E-state index >= 15 is 0 Å². The van der Waals surface area contributed by atoms with Crippen LogP contribution in [0.1, 0.15) is 284 Å². The van der Waals surface area contributed by atoms with E-state index in [2.05, 4.69) is 26.1 Å². The Morgan fingerprint density at radius 1 is 0.446 bits per heavy atom. The zero-order valence-electron chi connectivity index (χ0n) is 38.0. The summed E-state index contributed by atoms with van der Waals surface area (Å²) in [5.74, 6) is -0.456. The molecule has 0 aromatic rings. The van der Waals surface area contributed by atoms with Gasteiger partial charge in [-0.2, -0.15) is 0 Å². The highest BCUT2D eigenvalue weighted by atomic mass is 16.5. The third-order valence-electron chi connectivity index (χ3n) is 11.9. The molecule has 3 N–H and O–H groups in total. The average Bonchev–Trinajstić information content (AvgIpc) is 3.19. The number of aliphatic hydroxyl groups is 2. The standard InChI is InChI=1S/C50H99NO5/c1-4-7-10-13-16-19-21-22-23-24-25-26-28-30-32-35-38-41-46(56-50(55)43-40-37-34-29-18-15-12-9-6-3)44-49(54)51-47(45-52)48(53)42-39-36-33-31-27-20-17-14-11-8-5-2/h46-48,52-53H,4-45H2,1-3H3,(H,51,54). The predicted octanol–water partition coefficient (Wildman–Crippen LogP) is 14.8. The number of carbonyl (C=O) groups excluding carboxylic acids is 2. The molecule has 0 fully saturated rings. The van der Waals surface area contributed by atoms with Crippen LogP contribution in [0.4, 0.5) is 0 Å². The third kappa shape index (κ3) is 39.7. The SMILES string of the molecule is CCCCCCCCCCCCCCCCCCCC(CC(=O)NC(CO)C(O)CCCCCCCCCCCCC)OC(=O)CCCCCCCCCCC. The molecule has 0 aliphatic carbocycles. The van der Waals surface area contributed by atoms with Crippen molar-refractivity contribution in [1.82, 2.24) is 5.32 Å². The van der Waals surface area contributed by atoms with Crippen LogP contribution in [0.3, 0.4) is 0 Å². The summed E-state index contributed by atoms with van der Waals surface area (Å²) < 4.78 is 5.92. The second-order valence-electron chi connectivity index (χ2n) is 17.6. The molecule has 3 atom stereocenters. The van der Waals surface area contributed by atoms with Crippen molar-refractivity contribution >= 4 is 11.9 Å². The molecule has 56 heavy (non-hydrogen) atoms. The fourth-order valence-corrected chi connectivity index (χ4v) is 8.08. The molecule has 3 unspecified atom stereocenters. The lowest BCUT2D eigenvalue weighted by molar-refractivity contribution is -0.151. The minimum atomic E-state index is -0.778. The smallest absolute Gasteiger partial charge is 0.306 e. The number of unbranched alkanes of at least 4 members (excludes halogenated alkanes) is 34. The summed E-state index contributed by atoms with van der Waals surface area (Å²) in [7, 11) is 0. The summed E-state index contributed by atoms with van der Waals surface area (Å²) in [4.78, 5) is 26.0. The van der Waals surface area contributed by atoms with Crippen LogP contribution in [0.25, 0.3) is 0 Å². The molecule has 0 bridgehead atoms. The van der Waals surface area contributed by atoms with Crippen molar-refractivity contribution in [3.05, 3.63) is 0 Å². The van der Waals surface area contributed by atoms with Gasteiger partial charge >= 0.3 is 5.97 Å². The number of carbonyl (C=O) groups is 2. The van der Waals surface area contributed by atoms with Crippen LogP contribution in [0.5, 0.6) is 0 Å². The van der Waals surface area contributed by atoms with E-state index < -0.39 is 18.2 Å². The molecule has 0 radical (unpaired) electrons. The topological polar surface area (TPSA) is 95.9 Å². The van der Waals surface area contributed by atoms with Crippen molar-refractivity contribution in [1.29, 1.82) is 0 Å². The first-order chi connectivity index (χ1) is 27.5. The van der Waals surface area contributed by atoms with Gasteiger partial charge in [-0.05, 0) is 25.7 Å². The first-order valence-electron chi connectivity index (χ1n) is 25.3. The Bertz CT molecular complexity index is 806. The van der Waals surface area contributed by atoms with Gasteiger partial charge in [-0.25, -0.2) is 0 Å². The summed E-state index contributed by atoms with van der Waals surface area (Å²) >= 11 is 0. The molecule has 1 amide bonds. The lowest BCUT2D eigenvalue weighted by atomic mass is 10.0. The first kappa shape index (κ1) is 54.9. The number of rotatable bonds is 46. The molecule has 0 saturated heterocycles.